The molecule has 4 rings (SSSR count). The van der Waals surface area contributed by atoms with Gasteiger partial charge >= 0.3 is 5.97 Å². The Morgan fingerprint density at radius 1 is 1.11 bits per heavy atom. The molecule has 2 unspecified atom stereocenters. The van der Waals surface area contributed by atoms with Gasteiger partial charge in [-0.2, -0.15) is 0 Å². The molecule has 0 saturated carbocycles. The molecule has 0 bridgehead atoms. The van der Waals surface area contributed by atoms with Crippen molar-refractivity contribution in [1.29, 1.82) is 0 Å². The van der Waals surface area contributed by atoms with Gasteiger partial charge < -0.3 is 14.7 Å². The van der Waals surface area contributed by atoms with Gasteiger partial charge in [0.05, 0.1) is 6.61 Å². The lowest BCUT2D eigenvalue weighted by Crippen LogP contribution is -2.46. The van der Waals surface area contributed by atoms with Gasteiger partial charge in [-0.05, 0) is 36.6 Å². The highest BCUT2D eigenvalue weighted by atomic mass is 16.5. The minimum Gasteiger partial charge on any atom is -0.480 e. The number of para-hydroxylation sites is 1. The van der Waals surface area contributed by atoms with E-state index < -0.39 is 5.97 Å². The van der Waals surface area contributed by atoms with E-state index in [0.29, 0.717) is 13.2 Å². The van der Waals surface area contributed by atoms with Crippen LogP contribution in [0.5, 0.6) is 0 Å². The zero-order valence-corrected chi connectivity index (χ0v) is 16.4. The molecule has 0 radical (unpaired) electrons. The minimum absolute atomic E-state index is 0.134. The molecule has 5 nitrogen and oxygen atoms in total. The van der Waals surface area contributed by atoms with Gasteiger partial charge in [0.15, 0.2) is 0 Å². The van der Waals surface area contributed by atoms with Crippen LogP contribution in [0.1, 0.15) is 42.1 Å². The normalized spacial score (nSPS) is 22.2. The van der Waals surface area contributed by atoms with Gasteiger partial charge in [-0.25, -0.2) is 0 Å². The largest absolute Gasteiger partial charge is 0.480 e. The van der Waals surface area contributed by atoms with Crippen molar-refractivity contribution in [3.05, 3.63) is 65.2 Å². The van der Waals surface area contributed by atoms with E-state index in [1.807, 2.05) is 0 Å². The number of fused-ring (bicyclic) bond motifs is 2. The summed E-state index contributed by atoms with van der Waals surface area (Å²) >= 11 is 0. The standard InChI is InChI=1S/C23H28N2O3/c1-24-16-17-8-2-3-9-18(17)22(19-10-4-5-11-20(19)24)28-15-14-25-13-7-6-12-21(25)23(26)27/h2-5,8-11,21-22H,6-7,12-16H2,1H3,(H,26,27). The number of hydrogen-bond acceptors (Lipinski definition) is 4. The van der Waals surface area contributed by atoms with Crippen molar-refractivity contribution in [2.75, 3.05) is 31.6 Å². The van der Waals surface area contributed by atoms with Crippen molar-refractivity contribution >= 4 is 11.7 Å². The van der Waals surface area contributed by atoms with Crippen LogP contribution in [0.3, 0.4) is 0 Å². The van der Waals surface area contributed by atoms with Crippen molar-refractivity contribution in [2.24, 2.45) is 0 Å². The molecule has 2 aliphatic rings. The van der Waals surface area contributed by atoms with Gasteiger partial charge in [0.1, 0.15) is 12.1 Å². The van der Waals surface area contributed by atoms with Crippen LogP contribution < -0.4 is 4.90 Å². The van der Waals surface area contributed by atoms with Crippen molar-refractivity contribution in [3.8, 4) is 0 Å². The van der Waals surface area contributed by atoms with Crippen LogP contribution in [-0.2, 0) is 16.1 Å². The fourth-order valence-electron chi connectivity index (χ4n) is 4.50. The third-order valence-electron chi connectivity index (χ3n) is 5.94. The van der Waals surface area contributed by atoms with Crippen LogP contribution in [-0.4, -0.2) is 48.8 Å². The number of piperidine rings is 1. The zero-order chi connectivity index (χ0) is 19.5. The first kappa shape index (κ1) is 19.0. The quantitative estimate of drug-likeness (QED) is 0.858. The lowest BCUT2D eigenvalue weighted by Gasteiger charge is -2.33. The summed E-state index contributed by atoms with van der Waals surface area (Å²) in [5.74, 6) is -0.716. The van der Waals surface area contributed by atoms with Gasteiger partial charge in [0, 0.05) is 31.4 Å². The molecular formula is C23H28N2O3. The minimum atomic E-state index is -0.716. The molecule has 1 saturated heterocycles. The predicted molar refractivity (Wildman–Crippen MR) is 110 cm³/mol. The summed E-state index contributed by atoms with van der Waals surface area (Å²) < 4.78 is 6.43. The number of nitrogens with zero attached hydrogens (tertiary/aromatic N) is 2. The summed E-state index contributed by atoms with van der Waals surface area (Å²) in [5, 5.41) is 9.50. The van der Waals surface area contributed by atoms with Gasteiger partial charge in [-0.15, -0.1) is 0 Å². The highest BCUT2D eigenvalue weighted by Gasteiger charge is 2.29. The fraction of sp³-hybridized carbons (Fsp3) is 0.435. The zero-order valence-electron chi connectivity index (χ0n) is 16.4. The molecular weight excluding hydrogens is 352 g/mol. The first-order valence-corrected chi connectivity index (χ1v) is 10.1. The average molecular weight is 380 g/mol. The van der Waals surface area contributed by atoms with Crippen LogP contribution in [0.15, 0.2) is 48.5 Å². The Kier molecular flexibility index (Phi) is 5.64. The Morgan fingerprint density at radius 3 is 2.68 bits per heavy atom. The molecule has 2 heterocycles. The SMILES string of the molecule is CN1Cc2ccccc2C(OCCN2CCCCC2C(=O)O)c2ccccc21. The van der Waals surface area contributed by atoms with Crippen LogP contribution in [0.25, 0.3) is 0 Å². The number of aliphatic carboxylic acids is 1. The summed E-state index contributed by atoms with van der Waals surface area (Å²) in [5.41, 5.74) is 4.83. The number of carboxylic acid groups (broad SMARTS) is 1. The van der Waals surface area contributed by atoms with E-state index in [4.69, 9.17) is 4.74 Å². The molecule has 2 atom stereocenters. The number of benzene rings is 2. The first-order valence-electron chi connectivity index (χ1n) is 10.1. The molecule has 0 aliphatic carbocycles. The van der Waals surface area contributed by atoms with Crippen LogP contribution in [0.2, 0.25) is 0 Å². The maximum Gasteiger partial charge on any atom is 0.320 e. The molecule has 0 spiro atoms. The lowest BCUT2D eigenvalue weighted by molar-refractivity contribution is -0.145. The summed E-state index contributed by atoms with van der Waals surface area (Å²) in [7, 11) is 2.11. The summed E-state index contributed by atoms with van der Waals surface area (Å²) in [6, 6.07) is 16.5. The molecule has 2 aromatic carbocycles. The second kappa shape index (κ2) is 8.33. The van der Waals surface area contributed by atoms with E-state index in [2.05, 4.69) is 65.4 Å². The van der Waals surface area contributed by atoms with Crippen molar-refractivity contribution in [2.45, 2.75) is 38.0 Å². The topological polar surface area (TPSA) is 53.0 Å². The monoisotopic (exact) mass is 380 g/mol. The molecule has 1 fully saturated rings. The van der Waals surface area contributed by atoms with Crippen LogP contribution >= 0.6 is 0 Å². The van der Waals surface area contributed by atoms with Gasteiger partial charge in [0.25, 0.3) is 0 Å². The predicted octanol–water partition coefficient (Wildman–Crippen LogP) is 3.68. The van der Waals surface area contributed by atoms with Crippen LogP contribution in [0, 0.1) is 0 Å². The first-order chi connectivity index (χ1) is 13.6. The van der Waals surface area contributed by atoms with Gasteiger partial charge in [-0.3, -0.25) is 9.69 Å². The summed E-state index contributed by atoms with van der Waals surface area (Å²) in [4.78, 5) is 15.9. The van der Waals surface area contributed by atoms with E-state index in [0.717, 1.165) is 32.4 Å². The maximum atomic E-state index is 11.6. The number of carboxylic acids is 1. The highest BCUT2D eigenvalue weighted by molar-refractivity contribution is 5.73. The Balaban J connectivity index is 1.55. The summed E-state index contributed by atoms with van der Waals surface area (Å²) in [6.45, 7) is 2.84. The fourth-order valence-corrected chi connectivity index (χ4v) is 4.50. The Morgan fingerprint density at radius 2 is 1.86 bits per heavy atom. The lowest BCUT2D eigenvalue weighted by atomic mass is 9.97. The summed E-state index contributed by atoms with van der Waals surface area (Å²) in [6.07, 6.45) is 2.65. The molecule has 0 aromatic heterocycles. The van der Waals surface area contributed by atoms with E-state index >= 15 is 0 Å². The Hall–Kier alpha value is -2.37. The molecule has 2 aliphatic heterocycles. The number of ether oxygens (including phenoxy) is 1. The van der Waals surface area contributed by atoms with Gasteiger partial charge in [0.2, 0.25) is 0 Å². The van der Waals surface area contributed by atoms with Gasteiger partial charge in [-0.1, -0.05) is 48.9 Å². The van der Waals surface area contributed by atoms with Crippen molar-refractivity contribution in [1.82, 2.24) is 4.90 Å². The Labute approximate surface area is 166 Å². The molecule has 148 valence electrons. The second-order valence-corrected chi connectivity index (χ2v) is 7.75. The van der Waals surface area contributed by atoms with E-state index in [1.54, 1.807) is 0 Å². The smallest absolute Gasteiger partial charge is 0.320 e. The molecule has 0 amide bonds. The number of carbonyl (C=O) groups is 1. The Bertz CT molecular complexity index is 838. The van der Waals surface area contributed by atoms with E-state index in [-0.39, 0.29) is 12.1 Å². The molecule has 5 heteroatoms. The number of likely N-dealkylation sites (tertiary alicyclic amines) is 1. The maximum absolute atomic E-state index is 11.6. The third-order valence-corrected chi connectivity index (χ3v) is 5.94. The van der Waals surface area contributed by atoms with Crippen LogP contribution in [0.4, 0.5) is 5.69 Å². The molecule has 1 N–H and O–H groups in total. The highest BCUT2D eigenvalue weighted by Crippen LogP contribution is 2.38. The van der Waals surface area contributed by atoms with Crippen molar-refractivity contribution < 1.29 is 14.6 Å². The molecule has 2 aromatic rings. The van der Waals surface area contributed by atoms with Crippen molar-refractivity contribution in [3.63, 3.8) is 0 Å². The molecule has 28 heavy (non-hydrogen) atoms. The number of anilines is 1. The third kappa shape index (κ3) is 3.77. The van der Waals surface area contributed by atoms with E-state index in [1.165, 1.54) is 22.4 Å². The number of rotatable bonds is 5. The van der Waals surface area contributed by atoms with E-state index in [9.17, 15) is 9.90 Å². The average Bonchev–Trinajstić information content (AvgIpc) is 2.83. The second-order valence-electron chi connectivity index (χ2n) is 7.75. The number of hydrogen-bond donors (Lipinski definition) is 1.